The maximum absolute atomic E-state index is 13.6. The second-order valence-corrected chi connectivity index (χ2v) is 11.6. The summed E-state index contributed by atoms with van der Waals surface area (Å²) < 4.78 is 33.7. The lowest BCUT2D eigenvalue weighted by atomic mass is 10.0. The van der Waals surface area contributed by atoms with Crippen LogP contribution in [0.15, 0.2) is 16.6 Å². The minimum atomic E-state index is -3.85. The predicted octanol–water partition coefficient (Wildman–Crippen LogP) is 2.79. The van der Waals surface area contributed by atoms with Crippen LogP contribution < -0.4 is 0 Å². The van der Waals surface area contributed by atoms with Gasteiger partial charge in [-0.05, 0) is 31.7 Å². The van der Waals surface area contributed by atoms with E-state index in [1.54, 1.807) is 11.8 Å². The molecule has 0 bridgehead atoms. The molecule has 33 heavy (non-hydrogen) atoms. The van der Waals surface area contributed by atoms with Crippen LogP contribution in [0, 0.1) is 6.92 Å². The van der Waals surface area contributed by atoms with E-state index in [0.717, 1.165) is 43.4 Å². The molecule has 11 heteroatoms. The highest BCUT2D eigenvalue weighted by molar-refractivity contribution is 7.91. The van der Waals surface area contributed by atoms with Gasteiger partial charge in [0.25, 0.3) is 15.9 Å². The molecule has 0 spiro atoms. The summed E-state index contributed by atoms with van der Waals surface area (Å²) in [5, 5.41) is 0. The quantitative estimate of drug-likeness (QED) is 0.604. The minimum Gasteiger partial charge on any atom is -0.465 e. The molecule has 0 N–H and O–H groups in total. The summed E-state index contributed by atoms with van der Waals surface area (Å²) in [6, 6.07) is 0. The molecule has 1 amide bonds. The molecule has 0 aliphatic carbocycles. The van der Waals surface area contributed by atoms with E-state index < -0.39 is 16.0 Å². The maximum atomic E-state index is 13.6. The number of carbonyl (C=O) groups is 2. The van der Waals surface area contributed by atoms with Crippen LogP contribution >= 0.6 is 11.3 Å². The van der Waals surface area contributed by atoms with E-state index in [1.165, 1.54) is 23.8 Å². The zero-order chi connectivity index (χ0) is 23.6. The first-order valence-electron chi connectivity index (χ1n) is 11.1. The van der Waals surface area contributed by atoms with E-state index >= 15 is 0 Å². The van der Waals surface area contributed by atoms with Crippen LogP contribution in [-0.2, 0) is 27.7 Å². The molecule has 178 valence electrons. The smallest absolute Gasteiger partial charge is 0.340 e. The number of sulfonamides is 1. The SMILES string of the molecule is COC(=O)c1c(S(=O)(=O)N2CCCCCCC2)sc2c1CCN(C(=O)c1cnc(C)cn1)C2. The standard InChI is InChI=1S/C22H28N4O5S2/c1-15-12-24-17(13-23-15)20(27)25-11-8-16-18(14-25)32-22(19(16)21(28)31-2)33(29,30)26-9-6-4-3-5-7-10-26/h12-13H,3-11,14H2,1-2H3. The molecule has 1 saturated heterocycles. The van der Waals surface area contributed by atoms with Crippen molar-refractivity contribution in [2.75, 3.05) is 26.7 Å². The molecule has 9 nitrogen and oxygen atoms in total. The van der Waals surface area contributed by atoms with Crippen molar-refractivity contribution in [3.8, 4) is 0 Å². The highest BCUT2D eigenvalue weighted by atomic mass is 32.2. The number of carbonyl (C=O) groups excluding carboxylic acids is 2. The van der Waals surface area contributed by atoms with Gasteiger partial charge in [-0.1, -0.05) is 19.3 Å². The van der Waals surface area contributed by atoms with Gasteiger partial charge in [0, 0.05) is 30.7 Å². The summed E-state index contributed by atoms with van der Waals surface area (Å²) in [7, 11) is -2.59. The normalized spacial score (nSPS) is 17.7. The molecule has 4 heterocycles. The van der Waals surface area contributed by atoms with Gasteiger partial charge in [-0.3, -0.25) is 9.78 Å². The number of esters is 1. The van der Waals surface area contributed by atoms with Gasteiger partial charge in [0.2, 0.25) is 0 Å². The second kappa shape index (κ2) is 9.86. The summed E-state index contributed by atoms with van der Waals surface area (Å²) in [6.45, 7) is 3.26. The average molecular weight is 493 g/mol. The van der Waals surface area contributed by atoms with Gasteiger partial charge in [0.1, 0.15) is 9.90 Å². The van der Waals surface area contributed by atoms with Gasteiger partial charge in [0.15, 0.2) is 0 Å². The van der Waals surface area contributed by atoms with Gasteiger partial charge in [-0.15, -0.1) is 11.3 Å². The summed E-state index contributed by atoms with van der Waals surface area (Å²) in [5.74, 6) is -0.920. The maximum Gasteiger partial charge on any atom is 0.340 e. The average Bonchev–Trinajstić information content (AvgIpc) is 3.18. The Labute approximate surface area is 197 Å². The van der Waals surface area contributed by atoms with Crippen LogP contribution in [0.5, 0.6) is 0 Å². The summed E-state index contributed by atoms with van der Waals surface area (Å²) in [5.41, 5.74) is 1.74. The fourth-order valence-corrected chi connectivity index (χ4v) is 7.84. The van der Waals surface area contributed by atoms with E-state index in [1.807, 2.05) is 0 Å². The number of thiophene rings is 1. The van der Waals surface area contributed by atoms with Crippen molar-refractivity contribution >= 4 is 33.2 Å². The Morgan fingerprint density at radius 1 is 1.03 bits per heavy atom. The molecule has 0 saturated carbocycles. The predicted molar refractivity (Wildman–Crippen MR) is 123 cm³/mol. The first-order chi connectivity index (χ1) is 15.8. The number of fused-ring (bicyclic) bond motifs is 1. The topological polar surface area (TPSA) is 110 Å². The summed E-state index contributed by atoms with van der Waals surface area (Å²) in [6.07, 6.45) is 8.07. The van der Waals surface area contributed by atoms with Gasteiger partial charge >= 0.3 is 5.97 Å². The number of amides is 1. The lowest BCUT2D eigenvalue weighted by Crippen LogP contribution is -2.36. The molecule has 0 unspecified atom stereocenters. The third-order valence-electron chi connectivity index (χ3n) is 6.09. The Balaban J connectivity index is 1.67. The Morgan fingerprint density at radius 2 is 1.73 bits per heavy atom. The Morgan fingerprint density at radius 3 is 2.36 bits per heavy atom. The zero-order valence-electron chi connectivity index (χ0n) is 18.9. The van der Waals surface area contributed by atoms with E-state index in [9.17, 15) is 18.0 Å². The number of aryl methyl sites for hydroxylation is 1. The van der Waals surface area contributed by atoms with Crippen molar-refractivity contribution < 1.29 is 22.7 Å². The van der Waals surface area contributed by atoms with Crippen LogP contribution in [0.2, 0.25) is 0 Å². The van der Waals surface area contributed by atoms with E-state index in [4.69, 9.17) is 4.74 Å². The number of nitrogens with zero attached hydrogens (tertiary/aromatic N) is 4. The molecule has 1 fully saturated rings. The molecule has 2 aliphatic heterocycles. The molecule has 2 aromatic heterocycles. The van der Waals surface area contributed by atoms with Gasteiger partial charge in [-0.2, -0.15) is 4.31 Å². The minimum absolute atomic E-state index is 0.0318. The van der Waals surface area contributed by atoms with E-state index in [2.05, 4.69) is 9.97 Å². The van der Waals surface area contributed by atoms with Gasteiger partial charge < -0.3 is 9.64 Å². The number of hydrogen-bond acceptors (Lipinski definition) is 8. The lowest BCUT2D eigenvalue weighted by molar-refractivity contribution is 0.0595. The number of methoxy groups -OCH3 is 1. The Kier molecular flexibility index (Phi) is 7.10. The molecule has 0 atom stereocenters. The fourth-order valence-electron chi connectivity index (χ4n) is 4.28. The third-order valence-corrected chi connectivity index (χ3v) is 9.70. The monoisotopic (exact) mass is 492 g/mol. The van der Waals surface area contributed by atoms with Crippen molar-refractivity contribution in [1.29, 1.82) is 0 Å². The van der Waals surface area contributed by atoms with Crippen molar-refractivity contribution in [2.45, 2.75) is 56.2 Å². The first-order valence-corrected chi connectivity index (χ1v) is 13.4. The van der Waals surface area contributed by atoms with Crippen molar-refractivity contribution in [3.05, 3.63) is 39.8 Å². The molecule has 4 rings (SSSR count). The van der Waals surface area contributed by atoms with Gasteiger partial charge in [0.05, 0.1) is 31.1 Å². The van der Waals surface area contributed by atoms with E-state index in [-0.39, 0.29) is 27.9 Å². The number of rotatable bonds is 4. The van der Waals surface area contributed by atoms with E-state index in [0.29, 0.717) is 42.2 Å². The zero-order valence-corrected chi connectivity index (χ0v) is 20.5. The molecule has 2 aromatic rings. The van der Waals surface area contributed by atoms with Crippen molar-refractivity contribution in [1.82, 2.24) is 19.2 Å². The molecule has 2 aliphatic rings. The van der Waals surface area contributed by atoms with Crippen LogP contribution in [-0.4, -0.2) is 66.2 Å². The third kappa shape index (κ3) is 4.80. The van der Waals surface area contributed by atoms with Crippen LogP contribution in [0.4, 0.5) is 0 Å². The van der Waals surface area contributed by atoms with Crippen molar-refractivity contribution in [2.24, 2.45) is 0 Å². The molecular formula is C22H28N4O5S2. The summed E-state index contributed by atoms with van der Waals surface area (Å²) >= 11 is 1.08. The molecule has 0 aromatic carbocycles. The van der Waals surface area contributed by atoms with Crippen molar-refractivity contribution in [3.63, 3.8) is 0 Å². The first kappa shape index (κ1) is 23.8. The molecule has 0 radical (unpaired) electrons. The Hall–Kier alpha value is -2.37. The highest BCUT2D eigenvalue weighted by Crippen LogP contribution is 2.38. The highest BCUT2D eigenvalue weighted by Gasteiger charge is 2.37. The van der Waals surface area contributed by atoms with Crippen LogP contribution in [0.1, 0.15) is 69.1 Å². The number of hydrogen-bond donors (Lipinski definition) is 0. The summed E-state index contributed by atoms with van der Waals surface area (Å²) in [4.78, 5) is 36.2. The molecular weight excluding hydrogens is 464 g/mol. The Bertz CT molecular complexity index is 1140. The van der Waals surface area contributed by atoms with Gasteiger partial charge in [-0.25, -0.2) is 18.2 Å². The largest absolute Gasteiger partial charge is 0.465 e. The number of aromatic nitrogens is 2. The fraction of sp³-hybridized carbons (Fsp3) is 0.545. The second-order valence-electron chi connectivity index (χ2n) is 8.35. The van der Waals surface area contributed by atoms with Crippen LogP contribution in [0.3, 0.4) is 0 Å². The number of ether oxygens (including phenoxy) is 1. The van der Waals surface area contributed by atoms with Crippen LogP contribution in [0.25, 0.3) is 0 Å². The lowest BCUT2D eigenvalue weighted by Gasteiger charge is -2.26.